The van der Waals surface area contributed by atoms with Crippen LogP contribution in [0.1, 0.15) is 23.0 Å². The zero-order valence-corrected chi connectivity index (χ0v) is 12.3. The molecule has 24 heavy (non-hydrogen) atoms. The number of nitrogens with one attached hydrogen (secondary N) is 1. The van der Waals surface area contributed by atoms with E-state index >= 15 is 0 Å². The largest absolute Gasteiger partial charge is 0.481 e. The lowest BCUT2D eigenvalue weighted by Crippen LogP contribution is -2.51. The number of rotatable bonds is 4. The molecule has 0 saturated heterocycles. The Bertz CT molecular complexity index is 628. The molecule has 1 rings (SSSR count). The number of nitrogen functional groups attached to an aromatic ring is 1. The highest BCUT2D eigenvalue weighted by molar-refractivity contribution is 5.97. The third-order valence-electron chi connectivity index (χ3n) is 2.93. The van der Waals surface area contributed by atoms with Gasteiger partial charge in [0.15, 0.2) is 11.3 Å². The zero-order valence-electron chi connectivity index (χ0n) is 12.3. The van der Waals surface area contributed by atoms with Gasteiger partial charge in [-0.3, -0.25) is 4.79 Å². The Hall–Kier alpha value is -2.24. The summed E-state index contributed by atoms with van der Waals surface area (Å²) < 4.78 is 80.1. The van der Waals surface area contributed by atoms with E-state index in [-0.39, 0.29) is 0 Å². The maximum absolute atomic E-state index is 12.7. The Morgan fingerprint density at radius 1 is 1.33 bits per heavy atom. The molecule has 0 aliphatic carbocycles. The number of methoxy groups -OCH3 is 1. The number of anilines is 1. The predicted molar refractivity (Wildman–Crippen MR) is 69.2 cm³/mol. The number of nitrogens with zero attached hydrogens (tertiary/aromatic N) is 1. The second-order valence-corrected chi connectivity index (χ2v) is 4.94. The van der Waals surface area contributed by atoms with E-state index in [2.05, 4.69) is 9.72 Å². The minimum absolute atomic E-state index is 0.378. The maximum atomic E-state index is 12.7. The Labute approximate surface area is 131 Å². The standard InChI is InChI=1S/C12H13F6N3O3/c1-10(23,12(16,17)18)4-20-8(22)7-6(19)3-5(11(13,14)15)9(21-7)24-2/h3,23H,4,19H2,1-2H3,(H,20,22)/t10-/m0/s1. The van der Waals surface area contributed by atoms with Gasteiger partial charge in [-0.05, 0) is 13.0 Å². The number of nitrogens with two attached hydrogens (primary N) is 1. The fraction of sp³-hybridized carbons (Fsp3) is 0.500. The van der Waals surface area contributed by atoms with Gasteiger partial charge in [-0.25, -0.2) is 4.98 Å². The molecule has 0 saturated carbocycles. The Kier molecular flexibility index (Phi) is 5.23. The monoisotopic (exact) mass is 361 g/mol. The van der Waals surface area contributed by atoms with Gasteiger partial charge in [-0.1, -0.05) is 0 Å². The van der Waals surface area contributed by atoms with Crippen LogP contribution in [0.5, 0.6) is 5.88 Å². The van der Waals surface area contributed by atoms with E-state index in [1.807, 2.05) is 0 Å². The van der Waals surface area contributed by atoms with E-state index in [0.29, 0.717) is 13.0 Å². The van der Waals surface area contributed by atoms with E-state index in [1.165, 1.54) is 0 Å². The highest BCUT2D eigenvalue weighted by atomic mass is 19.4. The topological polar surface area (TPSA) is 97.5 Å². The zero-order chi connectivity index (χ0) is 18.9. The summed E-state index contributed by atoms with van der Waals surface area (Å²) in [5.74, 6) is -2.27. The lowest BCUT2D eigenvalue weighted by Gasteiger charge is -2.26. The molecule has 0 aliphatic heterocycles. The van der Waals surface area contributed by atoms with Gasteiger partial charge < -0.3 is 20.9 Å². The molecule has 1 aromatic rings. The second-order valence-electron chi connectivity index (χ2n) is 4.94. The third kappa shape index (κ3) is 4.19. The van der Waals surface area contributed by atoms with Gasteiger partial charge in [-0.15, -0.1) is 0 Å². The molecule has 6 nitrogen and oxygen atoms in total. The van der Waals surface area contributed by atoms with Crippen molar-refractivity contribution in [3.63, 3.8) is 0 Å². The summed E-state index contributed by atoms with van der Waals surface area (Å²) in [6, 6.07) is 0.378. The number of aliphatic hydroxyl groups is 1. The van der Waals surface area contributed by atoms with E-state index in [4.69, 9.17) is 5.73 Å². The van der Waals surface area contributed by atoms with Crippen LogP contribution in [0.2, 0.25) is 0 Å². The molecule has 0 bridgehead atoms. The Balaban J connectivity index is 3.09. The molecule has 1 heterocycles. The van der Waals surface area contributed by atoms with Crippen molar-refractivity contribution >= 4 is 11.6 Å². The Morgan fingerprint density at radius 2 is 1.88 bits per heavy atom. The summed E-state index contributed by atoms with van der Waals surface area (Å²) >= 11 is 0. The minimum atomic E-state index is -5.03. The molecule has 4 N–H and O–H groups in total. The fourth-order valence-corrected chi connectivity index (χ4v) is 1.49. The van der Waals surface area contributed by atoms with Crippen molar-refractivity contribution in [2.45, 2.75) is 24.9 Å². The number of amides is 1. The van der Waals surface area contributed by atoms with E-state index in [1.54, 1.807) is 5.32 Å². The van der Waals surface area contributed by atoms with Crippen molar-refractivity contribution in [3.8, 4) is 5.88 Å². The predicted octanol–water partition coefficient (Wildman–Crippen LogP) is 1.73. The van der Waals surface area contributed by atoms with Crippen LogP contribution in [0.15, 0.2) is 6.07 Å². The lowest BCUT2D eigenvalue weighted by molar-refractivity contribution is -0.249. The number of alkyl halides is 6. The summed E-state index contributed by atoms with van der Waals surface area (Å²) in [5.41, 5.74) is -0.766. The molecule has 0 fully saturated rings. The first-order valence-corrected chi connectivity index (χ1v) is 6.19. The van der Waals surface area contributed by atoms with Crippen LogP contribution in [0, 0.1) is 0 Å². The van der Waals surface area contributed by atoms with E-state index in [0.717, 1.165) is 7.11 Å². The van der Waals surface area contributed by atoms with Crippen molar-refractivity contribution in [2.75, 3.05) is 19.4 Å². The number of carbonyl (C=O) groups excluding carboxylic acids is 1. The Morgan fingerprint density at radius 3 is 2.29 bits per heavy atom. The number of halogens is 6. The number of ether oxygens (including phenoxy) is 1. The van der Waals surface area contributed by atoms with Crippen LogP contribution < -0.4 is 15.8 Å². The smallest absolute Gasteiger partial charge is 0.421 e. The molecule has 0 aliphatic rings. The molecule has 0 aromatic carbocycles. The van der Waals surface area contributed by atoms with Crippen LogP contribution in [-0.4, -0.2) is 41.4 Å². The SMILES string of the molecule is COc1nc(C(=O)NC[C@](C)(O)C(F)(F)F)c(N)cc1C(F)(F)F. The first-order valence-electron chi connectivity index (χ1n) is 6.19. The molecular weight excluding hydrogens is 348 g/mol. The number of aromatic nitrogens is 1. The van der Waals surface area contributed by atoms with Gasteiger partial charge in [0.2, 0.25) is 5.88 Å². The summed E-state index contributed by atoms with van der Waals surface area (Å²) in [7, 11) is 0.865. The molecule has 0 radical (unpaired) electrons. The van der Waals surface area contributed by atoms with Gasteiger partial charge >= 0.3 is 12.4 Å². The molecule has 1 amide bonds. The average molecular weight is 361 g/mol. The second kappa shape index (κ2) is 6.34. The van der Waals surface area contributed by atoms with Gasteiger partial charge in [-0.2, -0.15) is 26.3 Å². The van der Waals surface area contributed by atoms with Crippen LogP contribution in [-0.2, 0) is 6.18 Å². The summed E-state index contributed by atoms with van der Waals surface area (Å²) in [6.07, 6.45) is -9.89. The highest BCUT2D eigenvalue weighted by Crippen LogP contribution is 2.37. The third-order valence-corrected chi connectivity index (χ3v) is 2.93. The molecule has 0 unspecified atom stereocenters. The van der Waals surface area contributed by atoms with E-state index < -0.39 is 53.2 Å². The average Bonchev–Trinajstić information content (AvgIpc) is 2.42. The minimum Gasteiger partial charge on any atom is -0.481 e. The fourth-order valence-electron chi connectivity index (χ4n) is 1.49. The molecule has 136 valence electrons. The molecule has 12 heteroatoms. The quantitative estimate of drug-likeness (QED) is 0.710. The maximum Gasteiger partial charge on any atom is 0.421 e. The summed E-state index contributed by atoms with van der Waals surface area (Å²) in [4.78, 5) is 15.1. The van der Waals surface area contributed by atoms with Crippen LogP contribution in [0.3, 0.4) is 0 Å². The first kappa shape index (κ1) is 19.8. The van der Waals surface area contributed by atoms with Gasteiger partial charge in [0, 0.05) is 0 Å². The van der Waals surface area contributed by atoms with Gasteiger partial charge in [0.1, 0.15) is 5.56 Å². The number of carbonyl (C=O) groups is 1. The summed E-state index contributed by atoms with van der Waals surface area (Å²) in [5, 5.41) is 10.9. The van der Waals surface area contributed by atoms with Crippen molar-refractivity contribution in [1.29, 1.82) is 0 Å². The van der Waals surface area contributed by atoms with Crippen molar-refractivity contribution < 1.29 is 41.0 Å². The molecular formula is C12H13F6N3O3. The molecule has 0 spiro atoms. The van der Waals surface area contributed by atoms with E-state index in [9.17, 15) is 36.2 Å². The molecule has 1 aromatic heterocycles. The van der Waals surface area contributed by atoms with Crippen LogP contribution >= 0.6 is 0 Å². The molecule has 1 atom stereocenters. The number of pyridine rings is 1. The first-order chi connectivity index (χ1) is 10.7. The van der Waals surface area contributed by atoms with Crippen molar-refractivity contribution in [2.24, 2.45) is 0 Å². The van der Waals surface area contributed by atoms with Crippen molar-refractivity contribution in [1.82, 2.24) is 10.3 Å². The summed E-state index contributed by atoms with van der Waals surface area (Å²) in [6.45, 7) is -0.836. The van der Waals surface area contributed by atoms with Crippen molar-refractivity contribution in [3.05, 3.63) is 17.3 Å². The highest BCUT2D eigenvalue weighted by Gasteiger charge is 2.50. The van der Waals surface area contributed by atoms with Gasteiger partial charge in [0.25, 0.3) is 5.91 Å². The lowest BCUT2D eigenvalue weighted by atomic mass is 10.1. The van der Waals surface area contributed by atoms with Crippen LogP contribution in [0.4, 0.5) is 32.0 Å². The van der Waals surface area contributed by atoms with Crippen LogP contribution in [0.25, 0.3) is 0 Å². The number of hydrogen-bond donors (Lipinski definition) is 3. The number of hydrogen-bond acceptors (Lipinski definition) is 5. The normalized spacial score (nSPS) is 14.9. The van der Waals surface area contributed by atoms with Gasteiger partial charge in [0.05, 0.1) is 19.3 Å².